The van der Waals surface area contributed by atoms with Crippen molar-refractivity contribution in [2.45, 2.75) is 38.4 Å². The molecule has 0 aliphatic rings. The van der Waals surface area contributed by atoms with Crippen LogP contribution >= 0.6 is 11.8 Å². The fourth-order valence-corrected chi connectivity index (χ4v) is 1.70. The van der Waals surface area contributed by atoms with Crippen molar-refractivity contribution >= 4 is 23.4 Å². The summed E-state index contributed by atoms with van der Waals surface area (Å²) in [5.41, 5.74) is 8.21. The number of thioether (sulfide) groups is 1. The van der Waals surface area contributed by atoms with E-state index in [1.165, 1.54) is 5.56 Å². The molecule has 0 aliphatic heterocycles. The molecule has 4 heteroatoms. The summed E-state index contributed by atoms with van der Waals surface area (Å²) in [6.45, 7) is 9.38. The smallest absolute Gasteiger partial charge is 0.193 e. The van der Waals surface area contributed by atoms with Gasteiger partial charge in [-0.05, 0) is 43.7 Å². The largest absolute Gasteiger partial charge is 0.370 e. The molecule has 1 aromatic carbocycles. The minimum Gasteiger partial charge on any atom is -0.370 e. The van der Waals surface area contributed by atoms with E-state index >= 15 is 0 Å². The zero-order valence-corrected chi connectivity index (χ0v) is 13.3. The third-order valence-corrected chi connectivity index (χ3v) is 4.24. The Balaban J connectivity index is 2.69. The monoisotopic (exact) mass is 279 g/mol. The van der Waals surface area contributed by atoms with E-state index in [0.717, 1.165) is 5.69 Å². The summed E-state index contributed by atoms with van der Waals surface area (Å²) in [5.74, 6) is 0.985. The third kappa shape index (κ3) is 5.55. The molecule has 0 saturated heterocycles. The Hall–Kier alpha value is -1.16. The lowest BCUT2D eigenvalue weighted by Crippen LogP contribution is -2.27. The molecule has 3 N–H and O–H groups in total. The van der Waals surface area contributed by atoms with Crippen LogP contribution in [0.4, 0.5) is 5.69 Å². The summed E-state index contributed by atoms with van der Waals surface area (Å²) in [6, 6.07) is 8.29. The van der Waals surface area contributed by atoms with Crippen LogP contribution in [0.25, 0.3) is 0 Å². The molecule has 0 fully saturated rings. The Morgan fingerprint density at radius 2 is 2.11 bits per heavy atom. The van der Waals surface area contributed by atoms with E-state index in [-0.39, 0.29) is 4.75 Å². The molecule has 0 aromatic heterocycles. The van der Waals surface area contributed by atoms with Gasteiger partial charge in [-0.25, -0.2) is 0 Å². The first-order valence-electron chi connectivity index (χ1n) is 6.56. The fourth-order valence-electron chi connectivity index (χ4n) is 1.50. The van der Waals surface area contributed by atoms with Crippen molar-refractivity contribution < 1.29 is 0 Å². The molecule has 106 valence electrons. The van der Waals surface area contributed by atoms with Crippen LogP contribution in [0.15, 0.2) is 29.3 Å². The van der Waals surface area contributed by atoms with Crippen LogP contribution in [0.5, 0.6) is 0 Å². The molecule has 0 bridgehead atoms. The lowest BCUT2D eigenvalue weighted by atomic mass is 10.0. The van der Waals surface area contributed by atoms with Crippen molar-refractivity contribution in [3.8, 4) is 0 Å². The van der Waals surface area contributed by atoms with E-state index in [2.05, 4.69) is 56.4 Å². The van der Waals surface area contributed by atoms with Gasteiger partial charge in [-0.2, -0.15) is 11.8 Å². The molecule has 0 atom stereocenters. The van der Waals surface area contributed by atoms with Gasteiger partial charge < -0.3 is 11.1 Å². The van der Waals surface area contributed by atoms with Crippen LogP contribution in [0, 0.1) is 0 Å². The van der Waals surface area contributed by atoms with Crippen molar-refractivity contribution in [3.63, 3.8) is 0 Å². The Morgan fingerprint density at radius 1 is 1.42 bits per heavy atom. The molecule has 0 unspecified atom stereocenters. The number of guanidine groups is 1. The molecule has 0 heterocycles. The van der Waals surface area contributed by atoms with Crippen LogP contribution in [-0.4, -0.2) is 23.5 Å². The van der Waals surface area contributed by atoms with Crippen LogP contribution in [0.2, 0.25) is 0 Å². The second kappa shape index (κ2) is 6.85. The van der Waals surface area contributed by atoms with Crippen LogP contribution in [0.3, 0.4) is 0 Å². The molecule has 19 heavy (non-hydrogen) atoms. The molecule has 0 aliphatic carbocycles. The first kappa shape index (κ1) is 15.9. The number of nitrogens with zero attached hydrogens (tertiary/aromatic N) is 1. The number of aliphatic imine (C=N–C) groups is 1. The van der Waals surface area contributed by atoms with E-state index in [9.17, 15) is 0 Å². The molecule has 1 aromatic rings. The lowest BCUT2D eigenvalue weighted by molar-refractivity contribution is 0.726. The van der Waals surface area contributed by atoms with Gasteiger partial charge in [0.25, 0.3) is 0 Å². The van der Waals surface area contributed by atoms with Gasteiger partial charge in [0.05, 0.1) is 6.54 Å². The molecule has 1 rings (SSSR count). The molecule has 0 radical (unpaired) electrons. The predicted molar refractivity (Wildman–Crippen MR) is 88.2 cm³/mol. The van der Waals surface area contributed by atoms with Crippen molar-refractivity contribution in [1.29, 1.82) is 0 Å². The van der Waals surface area contributed by atoms with Gasteiger partial charge in [0.2, 0.25) is 0 Å². The highest BCUT2D eigenvalue weighted by molar-refractivity contribution is 7.99. The van der Waals surface area contributed by atoms with E-state index in [1.54, 1.807) is 11.8 Å². The van der Waals surface area contributed by atoms with Crippen molar-refractivity contribution in [3.05, 3.63) is 29.8 Å². The van der Waals surface area contributed by atoms with Crippen molar-refractivity contribution in [2.24, 2.45) is 10.7 Å². The Kier molecular flexibility index (Phi) is 5.73. The van der Waals surface area contributed by atoms with Gasteiger partial charge >= 0.3 is 0 Å². The maximum absolute atomic E-state index is 5.92. The lowest BCUT2D eigenvalue weighted by Gasteiger charge is -2.19. The maximum atomic E-state index is 5.92. The van der Waals surface area contributed by atoms with E-state index in [4.69, 9.17) is 5.73 Å². The first-order chi connectivity index (χ1) is 8.84. The third-order valence-electron chi connectivity index (χ3n) is 3.01. The number of rotatable bonds is 5. The van der Waals surface area contributed by atoms with Gasteiger partial charge in [0, 0.05) is 10.4 Å². The fraction of sp³-hybridized carbons (Fsp3) is 0.533. The molecule has 3 nitrogen and oxygen atoms in total. The van der Waals surface area contributed by atoms with Gasteiger partial charge in [-0.1, -0.05) is 26.0 Å². The van der Waals surface area contributed by atoms with Gasteiger partial charge in [0.1, 0.15) is 0 Å². The van der Waals surface area contributed by atoms with Crippen LogP contribution in [-0.2, 0) is 0 Å². The summed E-state index contributed by atoms with van der Waals surface area (Å²) in [4.78, 5) is 4.40. The minimum atomic E-state index is 0.117. The molecule has 0 amide bonds. The van der Waals surface area contributed by atoms with E-state index in [1.807, 2.05) is 12.1 Å². The first-order valence-corrected chi connectivity index (χ1v) is 7.78. The summed E-state index contributed by atoms with van der Waals surface area (Å²) in [7, 11) is 0. The minimum absolute atomic E-state index is 0.117. The van der Waals surface area contributed by atoms with Gasteiger partial charge in [-0.15, -0.1) is 0 Å². The van der Waals surface area contributed by atoms with Gasteiger partial charge in [-0.3, -0.25) is 4.99 Å². The normalized spacial score (nSPS) is 12.8. The topological polar surface area (TPSA) is 50.4 Å². The second-order valence-electron chi connectivity index (χ2n) is 5.57. The average molecular weight is 279 g/mol. The second-order valence-corrected chi connectivity index (χ2v) is 7.08. The van der Waals surface area contributed by atoms with Crippen LogP contribution in [0.1, 0.15) is 39.2 Å². The molecular formula is C15H25N3S. The SMILES string of the molecule is CSC(C)(C)CN=C(N)Nc1cccc(C(C)C)c1. The molecule has 0 saturated carbocycles. The van der Waals surface area contributed by atoms with E-state index in [0.29, 0.717) is 18.4 Å². The average Bonchev–Trinajstić information content (AvgIpc) is 2.37. The summed E-state index contributed by atoms with van der Waals surface area (Å²) in [5, 5.41) is 3.15. The highest BCUT2D eigenvalue weighted by Crippen LogP contribution is 2.21. The molecular weight excluding hydrogens is 254 g/mol. The summed E-state index contributed by atoms with van der Waals surface area (Å²) >= 11 is 1.79. The zero-order chi connectivity index (χ0) is 14.5. The zero-order valence-electron chi connectivity index (χ0n) is 12.5. The standard InChI is InChI=1S/C15H25N3S/c1-11(2)12-7-6-8-13(9-12)18-14(16)17-10-15(3,4)19-5/h6-9,11H,10H2,1-5H3,(H3,16,17,18). The Morgan fingerprint density at radius 3 is 2.68 bits per heavy atom. The van der Waals surface area contributed by atoms with E-state index < -0.39 is 0 Å². The number of nitrogens with two attached hydrogens (primary N) is 1. The number of nitrogens with one attached hydrogen (secondary N) is 1. The maximum Gasteiger partial charge on any atom is 0.193 e. The summed E-state index contributed by atoms with van der Waals surface area (Å²) in [6.07, 6.45) is 2.09. The number of hydrogen-bond donors (Lipinski definition) is 2. The van der Waals surface area contributed by atoms with Crippen LogP contribution < -0.4 is 11.1 Å². The van der Waals surface area contributed by atoms with Crippen molar-refractivity contribution in [1.82, 2.24) is 0 Å². The number of benzene rings is 1. The summed E-state index contributed by atoms with van der Waals surface area (Å²) < 4.78 is 0.117. The Labute approximate surface area is 121 Å². The number of hydrogen-bond acceptors (Lipinski definition) is 2. The highest BCUT2D eigenvalue weighted by Gasteiger charge is 2.14. The quantitative estimate of drug-likeness (QED) is 0.638. The highest BCUT2D eigenvalue weighted by atomic mass is 32.2. The van der Waals surface area contributed by atoms with Gasteiger partial charge in [0.15, 0.2) is 5.96 Å². The number of anilines is 1. The van der Waals surface area contributed by atoms with Crippen molar-refractivity contribution in [2.75, 3.05) is 18.1 Å². The molecule has 0 spiro atoms. The Bertz CT molecular complexity index is 439. The predicted octanol–water partition coefficient (Wildman–Crippen LogP) is 3.68.